The molecular weight excluding hydrogens is 420 g/mol. The Bertz CT molecular complexity index is 1050. The van der Waals surface area contributed by atoms with Crippen LogP contribution in [0.15, 0.2) is 76.1 Å². The fourth-order valence-electron chi connectivity index (χ4n) is 2.26. The Hall–Kier alpha value is -2.42. The second-order valence-electron chi connectivity index (χ2n) is 5.41. The molecule has 0 fully saturated rings. The summed E-state index contributed by atoms with van der Waals surface area (Å²) in [6.45, 7) is -0.320. The van der Waals surface area contributed by atoms with Crippen LogP contribution in [0.3, 0.4) is 0 Å². The van der Waals surface area contributed by atoms with Gasteiger partial charge in [-0.3, -0.25) is 10.2 Å². The number of benzene rings is 3. The summed E-state index contributed by atoms with van der Waals surface area (Å²) < 4.78 is 30.3. The van der Waals surface area contributed by atoms with E-state index in [1.165, 1.54) is 12.1 Å². The van der Waals surface area contributed by atoms with Crippen LogP contribution < -0.4 is 15.0 Å². The fraction of sp³-hybridized carbons (Fsp3) is 0.0556. The van der Waals surface area contributed by atoms with Gasteiger partial charge < -0.3 is 4.74 Å². The molecule has 8 heteroatoms. The second-order valence-corrected chi connectivity index (χ2v) is 8.01. The number of hydrazine groups is 1. The lowest BCUT2D eigenvalue weighted by Crippen LogP contribution is -2.43. The summed E-state index contributed by atoms with van der Waals surface area (Å²) in [5.74, 6) is -0.0922. The quantitative estimate of drug-likeness (QED) is 0.584. The third kappa shape index (κ3) is 4.60. The van der Waals surface area contributed by atoms with Gasteiger partial charge in [-0.2, -0.15) is 0 Å². The zero-order chi connectivity index (χ0) is 18.6. The highest BCUT2D eigenvalue weighted by Gasteiger charge is 2.15. The van der Waals surface area contributed by atoms with Crippen LogP contribution in [-0.4, -0.2) is 20.9 Å². The molecule has 0 unspecified atom stereocenters. The summed E-state index contributed by atoms with van der Waals surface area (Å²) in [4.78, 5) is 13.9. The largest absolute Gasteiger partial charge is 0.484 e. The monoisotopic (exact) mass is 434 g/mol. The van der Waals surface area contributed by atoms with E-state index in [-0.39, 0.29) is 11.5 Å². The van der Waals surface area contributed by atoms with E-state index in [9.17, 15) is 13.2 Å². The van der Waals surface area contributed by atoms with Crippen LogP contribution >= 0.6 is 15.9 Å². The lowest BCUT2D eigenvalue weighted by molar-refractivity contribution is -0.123. The molecule has 0 spiro atoms. The third-order valence-corrected chi connectivity index (χ3v) is 5.26. The average molecular weight is 435 g/mol. The number of sulfonamides is 1. The Morgan fingerprint density at radius 1 is 0.962 bits per heavy atom. The van der Waals surface area contributed by atoms with Gasteiger partial charge in [-0.05, 0) is 41.1 Å². The number of carbonyl (C=O) groups excluding carboxylic acids is 1. The number of fused-ring (bicyclic) bond motifs is 1. The van der Waals surface area contributed by atoms with E-state index < -0.39 is 15.9 Å². The molecule has 6 nitrogen and oxygen atoms in total. The van der Waals surface area contributed by atoms with Crippen molar-refractivity contribution in [2.24, 2.45) is 0 Å². The minimum atomic E-state index is -3.86. The number of carbonyl (C=O) groups is 1. The second kappa shape index (κ2) is 7.86. The average Bonchev–Trinajstić information content (AvgIpc) is 2.64. The Morgan fingerprint density at radius 2 is 1.73 bits per heavy atom. The molecule has 0 aliphatic heterocycles. The molecule has 26 heavy (non-hydrogen) atoms. The molecule has 0 aromatic heterocycles. The summed E-state index contributed by atoms with van der Waals surface area (Å²) in [7, 11) is -3.86. The van der Waals surface area contributed by atoms with E-state index >= 15 is 0 Å². The van der Waals surface area contributed by atoms with Crippen molar-refractivity contribution in [1.29, 1.82) is 0 Å². The van der Waals surface area contributed by atoms with Crippen molar-refractivity contribution < 1.29 is 17.9 Å². The molecule has 3 aromatic carbocycles. The first-order valence-electron chi connectivity index (χ1n) is 7.62. The molecule has 0 heterocycles. The number of rotatable bonds is 6. The van der Waals surface area contributed by atoms with Crippen molar-refractivity contribution >= 4 is 42.6 Å². The van der Waals surface area contributed by atoms with Crippen LogP contribution in [0, 0.1) is 0 Å². The number of halogens is 1. The molecule has 0 aliphatic rings. The molecule has 0 radical (unpaired) electrons. The summed E-state index contributed by atoms with van der Waals surface area (Å²) in [5, 5.41) is 2.05. The Morgan fingerprint density at radius 3 is 2.50 bits per heavy atom. The first-order valence-corrected chi connectivity index (χ1v) is 9.89. The van der Waals surface area contributed by atoms with Crippen LogP contribution in [0.25, 0.3) is 10.8 Å². The van der Waals surface area contributed by atoms with E-state index in [1.54, 1.807) is 18.2 Å². The molecule has 3 aromatic rings. The summed E-state index contributed by atoms with van der Waals surface area (Å²) >= 11 is 3.20. The van der Waals surface area contributed by atoms with E-state index in [4.69, 9.17) is 4.74 Å². The van der Waals surface area contributed by atoms with Crippen molar-refractivity contribution in [3.63, 3.8) is 0 Å². The van der Waals surface area contributed by atoms with Gasteiger partial charge >= 0.3 is 0 Å². The number of hydrogen-bond acceptors (Lipinski definition) is 4. The highest BCUT2D eigenvalue weighted by molar-refractivity contribution is 9.10. The van der Waals surface area contributed by atoms with Gasteiger partial charge in [0.05, 0.1) is 4.90 Å². The Labute approximate surface area is 159 Å². The van der Waals surface area contributed by atoms with Gasteiger partial charge in [-0.25, -0.2) is 8.42 Å². The molecule has 0 saturated carbocycles. The third-order valence-electron chi connectivity index (χ3n) is 3.52. The number of ether oxygens (including phenoxy) is 1. The Balaban J connectivity index is 1.56. The van der Waals surface area contributed by atoms with Crippen molar-refractivity contribution in [2.45, 2.75) is 4.90 Å². The fourth-order valence-corrected chi connectivity index (χ4v) is 3.72. The van der Waals surface area contributed by atoms with Crippen LogP contribution in [0.1, 0.15) is 0 Å². The first-order chi connectivity index (χ1) is 12.4. The van der Waals surface area contributed by atoms with Gasteiger partial charge in [0.1, 0.15) is 5.75 Å². The Kier molecular flexibility index (Phi) is 5.55. The van der Waals surface area contributed by atoms with Crippen LogP contribution in [0.2, 0.25) is 0 Å². The van der Waals surface area contributed by atoms with Gasteiger partial charge in [-0.1, -0.05) is 52.3 Å². The van der Waals surface area contributed by atoms with Gasteiger partial charge in [0.15, 0.2) is 6.61 Å². The molecule has 0 saturated heterocycles. The molecule has 0 aliphatic carbocycles. The summed E-state index contributed by atoms with van der Waals surface area (Å²) in [5.41, 5.74) is 2.13. The molecule has 0 bridgehead atoms. The smallest absolute Gasteiger partial charge is 0.272 e. The lowest BCUT2D eigenvalue weighted by Gasteiger charge is -2.10. The topological polar surface area (TPSA) is 84.5 Å². The molecule has 1 amide bonds. The zero-order valence-corrected chi connectivity index (χ0v) is 15.9. The van der Waals surface area contributed by atoms with Gasteiger partial charge in [0.25, 0.3) is 15.9 Å². The number of amides is 1. The van der Waals surface area contributed by atoms with E-state index in [1.807, 2.05) is 41.2 Å². The predicted octanol–water partition coefficient (Wildman–Crippen LogP) is 2.99. The minimum Gasteiger partial charge on any atom is -0.484 e. The predicted molar refractivity (Wildman–Crippen MR) is 102 cm³/mol. The lowest BCUT2D eigenvalue weighted by atomic mass is 10.1. The maximum atomic E-state index is 12.1. The molecule has 3 rings (SSSR count). The SMILES string of the molecule is O=C(COc1ccc2ccccc2c1)NNS(=O)(=O)c1cccc(Br)c1. The highest BCUT2D eigenvalue weighted by atomic mass is 79.9. The maximum absolute atomic E-state index is 12.1. The van der Waals surface area contributed by atoms with Gasteiger partial charge in [0, 0.05) is 4.47 Å². The van der Waals surface area contributed by atoms with Crippen LogP contribution in [0.4, 0.5) is 0 Å². The normalized spacial score (nSPS) is 11.3. The van der Waals surface area contributed by atoms with Crippen molar-refractivity contribution in [1.82, 2.24) is 10.3 Å². The van der Waals surface area contributed by atoms with Crippen molar-refractivity contribution in [3.05, 3.63) is 71.2 Å². The molecule has 2 N–H and O–H groups in total. The van der Waals surface area contributed by atoms with Crippen LogP contribution in [-0.2, 0) is 14.8 Å². The molecular formula is C18H15BrN2O4S. The molecule has 0 atom stereocenters. The van der Waals surface area contributed by atoms with E-state index in [2.05, 4.69) is 21.4 Å². The van der Waals surface area contributed by atoms with E-state index in [0.717, 1.165) is 10.8 Å². The molecule has 134 valence electrons. The van der Waals surface area contributed by atoms with Crippen molar-refractivity contribution in [2.75, 3.05) is 6.61 Å². The highest BCUT2D eigenvalue weighted by Crippen LogP contribution is 2.20. The van der Waals surface area contributed by atoms with E-state index in [0.29, 0.717) is 10.2 Å². The van der Waals surface area contributed by atoms with Crippen molar-refractivity contribution in [3.8, 4) is 5.75 Å². The van der Waals surface area contributed by atoms with Gasteiger partial charge in [0.2, 0.25) is 0 Å². The number of hydrogen-bond donors (Lipinski definition) is 2. The maximum Gasteiger partial charge on any atom is 0.272 e. The minimum absolute atomic E-state index is 0.0302. The zero-order valence-electron chi connectivity index (χ0n) is 13.5. The van der Waals surface area contributed by atoms with Gasteiger partial charge in [-0.15, -0.1) is 4.83 Å². The summed E-state index contributed by atoms with van der Waals surface area (Å²) in [6, 6.07) is 19.4. The first kappa shape index (κ1) is 18.4. The standard InChI is InChI=1S/C18H15BrN2O4S/c19-15-6-3-7-17(11-15)26(23,24)21-20-18(22)12-25-16-9-8-13-4-1-2-5-14(13)10-16/h1-11,21H,12H2,(H,20,22). The number of nitrogens with one attached hydrogen (secondary N) is 2. The summed E-state index contributed by atoms with van der Waals surface area (Å²) in [6.07, 6.45) is 0. The van der Waals surface area contributed by atoms with Crippen LogP contribution in [0.5, 0.6) is 5.75 Å².